The lowest BCUT2D eigenvalue weighted by atomic mass is 10.1. The second-order valence-electron chi connectivity index (χ2n) is 4.56. The fourth-order valence-corrected chi connectivity index (χ4v) is 2.20. The van der Waals surface area contributed by atoms with Crippen LogP contribution in [0.2, 0.25) is 0 Å². The third-order valence-corrected chi connectivity index (χ3v) is 3.01. The summed E-state index contributed by atoms with van der Waals surface area (Å²) in [7, 11) is 0. The molecule has 2 unspecified atom stereocenters. The van der Waals surface area contributed by atoms with Gasteiger partial charge in [0.15, 0.2) is 0 Å². The van der Waals surface area contributed by atoms with E-state index in [1.165, 1.54) is 0 Å². The maximum absolute atomic E-state index is 12.2. The van der Waals surface area contributed by atoms with E-state index in [0.717, 1.165) is 5.56 Å². The van der Waals surface area contributed by atoms with Crippen molar-refractivity contribution in [1.82, 2.24) is 15.2 Å². The molecule has 2 rings (SSSR count). The van der Waals surface area contributed by atoms with Crippen molar-refractivity contribution in [2.24, 2.45) is 0 Å². The maximum Gasteiger partial charge on any atom is 0.241 e. The summed E-state index contributed by atoms with van der Waals surface area (Å²) >= 11 is 0. The van der Waals surface area contributed by atoms with E-state index in [1.807, 2.05) is 19.1 Å². The molecule has 1 aliphatic heterocycles. The van der Waals surface area contributed by atoms with Crippen LogP contribution in [0.5, 0.6) is 0 Å². The van der Waals surface area contributed by atoms with Gasteiger partial charge in [-0.15, -0.1) is 0 Å². The third kappa shape index (κ3) is 2.84. The second-order valence-corrected chi connectivity index (χ2v) is 4.56. The van der Waals surface area contributed by atoms with E-state index in [-0.39, 0.29) is 24.4 Å². The first-order valence-electron chi connectivity index (χ1n) is 6.01. The molecule has 2 atom stereocenters. The van der Waals surface area contributed by atoms with Crippen LogP contribution in [-0.2, 0) is 11.3 Å². The molecule has 5 heteroatoms. The van der Waals surface area contributed by atoms with Crippen LogP contribution in [0.3, 0.4) is 0 Å². The fourth-order valence-electron chi connectivity index (χ4n) is 2.20. The number of piperazine rings is 1. The molecule has 94 valence electrons. The largest absolute Gasteiger partial charge is 0.335 e. The highest BCUT2D eigenvalue weighted by atomic mass is 16.2. The average Bonchev–Trinajstić information content (AvgIpc) is 2.36. The van der Waals surface area contributed by atoms with Gasteiger partial charge in [0.05, 0.1) is 12.5 Å². The van der Waals surface area contributed by atoms with Crippen LogP contribution in [0, 0.1) is 11.3 Å². The van der Waals surface area contributed by atoms with Crippen molar-refractivity contribution in [1.29, 1.82) is 5.26 Å². The van der Waals surface area contributed by atoms with E-state index in [9.17, 15) is 4.79 Å². The molecular formula is C13H16N4O. The summed E-state index contributed by atoms with van der Waals surface area (Å²) in [5, 5.41) is 11.9. The molecule has 1 aromatic rings. The van der Waals surface area contributed by atoms with Crippen molar-refractivity contribution in [3.05, 3.63) is 30.1 Å². The number of carbonyl (C=O) groups is 1. The first kappa shape index (κ1) is 12.5. The predicted molar refractivity (Wildman–Crippen MR) is 66.3 cm³/mol. The van der Waals surface area contributed by atoms with Crippen LogP contribution < -0.4 is 5.32 Å². The van der Waals surface area contributed by atoms with E-state index < -0.39 is 0 Å². The van der Waals surface area contributed by atoms with Gasteiger partial charge in [-0.1, -0.05) is 0 Å². The standard InChI is InChI=1S/C13H16N4O/c1-10-8-17(9-11-3-6-15-7-4-11)13(18)12(16-10)2-5-14/h3-4,6-7,10,12,16H,2,8-9H2,1H3. The van der Waals surface area contributed by atoms with Gasteiger partial charge in [-0.3, -0.25) is 9.78 Å². The number of hydrogen-bond acceptors (Lipinski definition) is 4. The van der Waals surface area contributed by atoms with Crippen molar-refractivity contribution >= 4 is 5.91 Å². The molecular weight excluding hydrogens is 228 g/mol. The van der Waals surface area contributed by atoms with Crippen molar-refractivity contribution < 1.29 is 4.79 Å². The Kier molecular flexibility index (Phi) is 3.90. The maximum atomic E-state index is 12.2. The van der Waals surface area contributed by atoms with Crippen LogP contribution in [0.1, 0.15) is 18.9 Å². The summed E-state index contributed by atoms with van der Waals surface area (Å²) in [6.07, 6.45) is 3.66. The van der Waals surface area contributed by atoms with Gasteiger partial charge in [-0.05, 0) is 24.6 Å². The Hall–Kier alpha value is -1.93. The Labute approximate surface area is 106 Å². The van der Waals surface area contributed by atoms with Gasteiger partial charge in [0, 0.05) is 31.5 Å². The van der Waals surface area contributed by atoms with Crippen molar-refractivity contribution in [3.63, 3.8) is 0 Å². The number of nitriles is 1. The molecule has 1 fully saturated rings. The molecule has 1 aromatic heterocycles. The van der Waals surface area contributed by atoms with E-state index in [0.29, 0.717) is 13.1 Å². The summed E-state index contributed by atoms with van der Waals surface area (Å²) < 4.78 is 0. The SMILES string of the molecule is CC1CN(Cc2ccncc2)C(=O)C(CC#N)N1. The monoisotopic (exact) mass is 244 g/mol. The van der Waals surface area contributed by atoms with Crippen molar-refractivity contribution in [2.45, 2.75) is 32.0 Å². The second kappa shape index (κ2) is 5.61. The Morgan fingerprint density at radius 1 is 1.56 bits per heavy atom. The molecule has 18 heavy (non-hydrogen) atoms. The molecule has 1 N–H and O–H groups in total. The Balaban J connectivity index is 2.07. The Morgan fingerprint density at radius 2 is 2.28 bits per heavy atom. The minimum Gasteiger partial charge on any atom is -0.335 e. The number of hydrogen-bond donors (Lipinski definition) is 1. The molecule has 1 amide bonds. The van der Waals surface area contributed by atoms with Gasteiger partial charge >= 0.3 is 0 Å². The van der Waals surface area contributed by atoms with Crippen LogP contribution in [0.4, 0.5) is 0 Å². The van der Waals surface area contributed by atoms with Crippen molar-refractivity contribution in [3.8, 4) is 6.07 Å². The van der Waals surface area contributed by atoms with Crippen LogP contribution in [-0.4, -0.2) is 34.4 Å². The van der Waals surface area contributed by atoms with Gasteiger partial charge in [0.2, 0.25) is 5.91 Å². The molecule has 1 saturated heterocycles. The predicted octanol–water partition coefficient (Wildman–Crippen LogP) is 0.684. The minimum atomic E-state index is -0.374. The number of rotatable bonds is 3. The molecule has 0 radical (unpaired) electrons. The first-order valence-corrected chi connectivity index (χ1v) is 6.01. The molecule has 0 bridgehead atoms. The molecule has 0 aromatic carbocycles. The first-order chi connectivity index (χ1) is 8.70. The zero-order valence-corrected chi connectivity index (χ0v) is 10.3. The van der Waals surface area contributed by atoms with Gasteiger partial charge in [-0.2, -0.15) is 5.26 Å². The molecule has 0 aliphatic carbocycles. The quantitative estimate of drug-likeness (QED) is 0.849. The topological polar surface area (TPSA) is 69.0 Å². The van der Waals surface area contributed by atoms with E-state index in [2.05, 4.69) is 16.4 Å². The molecule has 5 nitrogen and oxygen atoms in total. The third-order valence-electron chi connectivity index (χ3n) is 3.01. The van der Waals surface area contributed by atoms with Crippen molar-refractivity contribution in [2.75, 3.05) is 6.54 Å². The van der Waals surface area contributed by atoms with E-state index in [4.69, 9.17) is 5.26 Å². The highest BCUT2D eigenvalue weighted by Crippen LogP contribution is 2.12. The molecule has 0 saturated carbocycles. The summed E-state index contributed by atoms with van der Waals surface area (Å²) in [5.74, 6) is 0.00598. The van der Waals surface area contributed by atoms with E-state index in [1.54, 1.807) is 17.3 Å². The Bertz CT molecular complexity index is 454. The summed E-state index contributed by atoms with van der Waals surface area (Å²) in [6.45, 7) is 3.27. The van der Waals surface area contributed by atoms with Gasteiger partial charge in [0.25, 0.3) is 0 Å². The smallest absolute Gasteiger partial charge is 0.241 e. The van der Waals surface area contributed by atoms with Gasteiger partial charge in [-0.25, -0.2) is 0 Å². The lowest BCUT2D eigenvalue weighted by molar-refractivity contribution is -0.137. The highest BCUT2D eigenvalue weighted by Gasteiger charge is 2.31. The average molecular weight is 244 g/mol. The normalized spacial score (nSPS) is 23.8. The highest BCUT2D eigenvalue weighted by molar-refractivity contribution is 5.83. The molecule has 2 heterocycles. The summed E-state index contributed by atoms with van der Waals surface area (Å²) in [4.78, 5) is 17.9. The number of nitrogens with zero attached hydrogens (tertiary/aromatic N) is 3. The van der Waals surface area contributed by atoms with E-state index >= 15 is 0 Å². The number of amides is 1. The number of carbonyl (C=O) groups excluding carboxylic acids is 1. The number of pyridine rings is 1. The van der Waals surface area contributed by atoms with Crippen LogP contribution in [0.25, 0.3) is 0 Å². The summed E-state index contributed by atoms with van der Waals surface area (Å²) in [5.41, 5.74) is 1.06. The Morgan fingerprint density at radius 3 is 2.94 bits per heavy atom. The minimum absolute atomic E-state index is 0.00598. The van der Waals surface area contributed by atoms with Crippen LogP contribution >= 0.6 is 0 Å². The lowest BCUT2D eigenvalue weighted by Crippen LogP contribution is -2.58. The zero-order chi connectivity index (χ0) is 13.0. The molecule has 1 aliphatic rings. The lowest BCUT2D eigenvalue weighted by Gasteiger charge is -2.36. The number of aromatic nitrogens is 1. The van der Waals surface area contributed by atoms with Gasteiger partial charge < -0.3 is 10.2 Å². The zero-order valence-electron chi connectivity index (χ0n) is 10.3. The van der Waals surface area contributed by atoms with Gasteiger partial charge in [0.1, 0.15) is 6.04 Å². The summed E-state index contributed by atoms with van der Waals surface area (Å²) in [6, 6.07) is 5.69. The number of nitrogens with one attached hydrogen (secondary N) is 1. The fraction of sp³-hybridized carbons (Fsp3) is 0.462. The molecule has 0 spiro atoms. The van der Waals surface area contributed by atoms with Crippen LogP contribution in [0.15, 0.2) is 24.5 Å².